The van der Waals surface area contributed by atoms with Gasteiger partial charge in [0.05, 0.1) is 0 Å². The van der Waals surface area contributed by atoms with Gasteiger partial charge in [-0.05, 0) is 13.0 Å². The molecule has 48 valence electrons. The van der Waals surface area contributed by atoms with E-state index in [2.05, 4.69) is 6.92 Å². The van der Waals surface area contributed by atoms with Crippen LogP contribution in [0.5, 0.6) is 0 Å². The summed E-state index contributed by atoms with van der Waals surface area (Å²) in [5.74, 6) is 0. The molecule has 0 aliphatic carbocycles. The molecule has 0 aromatic carbocycles. The summed E-state index contributed by atoms with van der Waals surface area (Å²) in [6.45, 7) is 4.55. The maximum Gasteiger partial charge on any atom is 0 e. The summed E-state index contributed by atoms with van der Waals surface area (Å²) in [6.07, 6.45) is 4.70. The summed E-state index contributed by atoms with van der Waals surface area (Å²) in [4.78, 5) is 0. The predicted octanol–water partition coefficient (Wildman–Crippen LogP) is 1.34. The fourth-order valence-electron chi connectivity index (χ4n) is 0.498. The van der Waals surface area contributed by atoms with Gasteiger partial charge in [-0.25, -0.2) is 0 Å². The zero-order valence-electron chi connectivity index (χ0n) is 5.32. The van der Waals surface area contributed by atoms with Gasteiger partial charge in [-0.15, -0.1) is 0 Å². The van der Waals surface area contributed by atoms with Crippen molar-refractivity contribution in [2.75, 3.05) is 6.54 Å². The zero-order valence-corrected chi connectivity index (χ0v) is 6.88. The average Bonchev–Trinajstić information content (AvgIpc) is 1.69. The fourth-order valence-corrected chi connectivity index (χ4v) is 0.498. The van der Waals surface area contributed by atoms with Gasteiger partial charge in [-0.1, -0.05) is 12.8 Å². The average molecular weight is 148 g/mol. The van der Waals surface area contributed by atoms with E-state index in [0.717, 1.165) is 19.4 Å². The minimum atomic E-state index is 0. The first-order valence-corrected chi connectivity index (χ1v) is 2.91. The smallest absolute Gasteiger partial charge is 0 e. The van der Waals surface area contributed by atoms with Crippen LogP contribution in [0.25, 0.3) is 0 Å². The van der Waals surface area contributed by atoms with Crippen LogP contribution < -0.4 is 5.73 Å². The number of hydrogen-bond donors (Lipinski definition) is 1. The molecule has 1 nitrogen and oxygen atoms in total. The Morgan fingerprint density at radius 2 is 1.75 bits per heavy atom. The number of unbranched alkanes of at least 4 members (excludes halogenated alkanes) is 3. The van der Waals surface area contributed by atoms with Crippen LogP contribution in [0, 0.1) is 6.92 Å². The molecule has 0 heterocycles. The standard InChI is InChI=1S/C6H14N.Ti/c1-2-3-4-5-6-7;/h1-7H2;/q-1;. The second kappa shape index (κ2) is 10.6. The van der Waals surface area contributed by atoms with Gasteiger partial charge >= 0.3 is 0 Å². The van der Waals surface area contributed by atoms with Crippen LogP contribution in [0.15, 0.2) is 0 Å². The molecule has 0 bridgehead atoms. The van der Waals surface area contributed by atoms with Crippen molar-refractivity contribution in [1.29, 1.82) is 0 Å². The summed E-state index contributed by atoms with van der Waals surface area (Å²) >= 11 is 0. The van der Waals surface area contributed by atoms with E-state index < -0.39 is 0 Å². The Labute approximate surface area is 66.9 Å². The Morgan fingerprint density at radius 1 is 1.12 bits per heavy atom. The summed E-state index contributed by atoms with van der Waals surface area (Å²) in [5.41, 5.74) is 5.25. The Morgan fingerprint density at radius 3 is 2.12 bits per heavy atom. The van der Waals surface area contributed by atoms with Crippen molar-refractivity contribution in [2.24, 2.45) is 5.73 Å². The SMILES string of the molecule is [CH2-]CCCCCN.[Ti]. The third kappa shape index (κ3) is 9.84. The van der Waals surface area contributed by atoms with Crippen LogP contribution in [-0.2, 0) is 21.7 Å². The molecule has 0 aromatic rings. The third-order valence-corrected chi connectivity index (χ3v) is 0.954. The van der Waals surface area contributed by atoms with E-state index in [1.807, 2.05) is 0 Å². The second-order valence-corrected chi connectivity index (χ2v) is 1.70. The molecule has 0 saturated carbocycles. The van der Waals surface area contributed by atoms with Crippen molar-refractivity contribution >= 4 is 0 Å². The van der Waals surface area contributed by atoms with E-state index in [0.29, 0.717) is 0 Å². The van der Waals surface area contributed by atoms with Crippen LogP contribution in [0.3, 0.4) is 0 Å². The fraction of sp³-hybridized carbons (Fsp3) is 0.833. The van der Waals surface area contributed by atoms with Crippen molar-refractivity contribution in [3.8, 4) is 0 Å². The van der Waals surface area contributed by atoms with Crippen molar-refractivity contribution in [2.45, 2.75) is 25.7 Å². The molecule has 0 radical (unpaired) electrons. The Kier molecular flexibility index (Phi) is 15.2. The molecular weight excluding hydrogens is 134 g/mol. The summed E-state index contributed by atoms with van der Waals surface area (Å²) < 4.78 is 0. The van der Waals surface area contributed by atoms with Gasteiger partial charge in [0.15, 0.2) is 0 Å². The van der Waals surface area contributed by atoms with Crippen LogP contribution in [0.2, 0.25) is 0 Å². The van der Waals surface area contributed by atoms with Gasteiger partial charge in [-0.3, -0.25) is 0 Å². The summed E-state index contributed by atoms with van der Waals surface area (Å²) in [6, 6.07) is 0. The molecule has 0 unspecified atom stereocenters. The van der Waals surface area contributed by atoms with Gasteiger partial charge in [0.25, 0.3) is 0 Å². The molecule has 0 spiro atoms. The maximum atomic E-state index is 5.25. The molecule has 8 heavy (non-hydrogen) atoms. The van der Waals surface area contributed by atoms with Crippen molar-refractivity contribution in [3.05, 3.63) is 6.92 Å². The third-order valence-electron chi connectivity index (χ3n) is 0.954. The normalized spacial score (nSPS) is 8.25. The Balaban J connectivity index is 0. The van der Waals surface area contributed by atoms with Crippen molar-refractivity contribution in [3.63, 3.8) is 0 Å². The quantitative estimate of drug-likeness (QED) is 0.363. The summed E-state index contributed by atoms with van der Waals surface area (Å²) in [7, 11) is 0. The van der Waals surface area contributed by atoms with Crippen LogP contribution in [0.4, 0.5) is 0 Å². The van der Waals surface area contributed by atoms with E-state index in [1.165, 1.54) is 12.8 Å². The van der Waals surface area contributed by atoms with Crippen molar-refractivity contribution in [1.82, 2.24) is 0 Å². The number of nitrogens with two attached hydrogens (primary N) is 1. The first kappa shape index (κ1) is 11.5. The molecular formula is C6H14NTi-. The minimum Gasteiger partial charge on any atom is -0.343 e. The second-order valence-electron chi connectivity index (χ2n) is 1.70. The first-order chi connectivity index (χ1) is 3.41. The molecule has 0 aromatic heterocycles. The molecule has 0 atom stereocenters. The Bertz CT molecular complexity index is 27.7. The van der Waals surface area contributed by atoms with E-state index in [-0.39, 0.29) is 21.7 Å². The van der Waals surface area contributed by atoms with Gasteiger partial charge in [-0.2, -0.15) is 6.42 Å². The number of hydrogen-bond acceptors (Lipinski definition) is 1. The molecule has 0 rings (SSSR count). The molecule has 0 aliphatic rings. The van der Waals surface area contributed by atoms with Gasteiger partial charge in [0.1, 0.15) is 0 Å². The first-order valence-electron chi connectivity index (χ1n) is 2.91. The van der Waals surface area contributed by atoms with Crippen LogP contribution >= 0.6 is 0 Å². The summed E-state index contributed by atoms with van der Waals surface area (Å²) in [5, 5.41) is 0. The van der Waals surface area contributed by atoms with E-state index in [4.69, 9.17) is 5.73 Å². The van der Waals surface area contributed by atoms with Gasteiger partial charge in [0, 0.05) is 21.7 Å². The molecule has 0 saturated heterocycles. The van der Waals surface area contributed by atoms with E-state index >= 15 is 0 Å². The monoisotopic (exact) mass is 148 g/mol. The molecule has 0 amide bonds. The molecule has 2 N–H and O–H groups in total. The van der Waals surface area contributed by atoms with Gasteiger partial charge < -0.3 is 12.7 Å². The van der Waals surface area contributed by atoms with E-state index in [9.17, 15) is 0 Å². The van der Waals surface area contributed by atoms with Crippen LogP contribution in [0.1, 0.15) is 25.7 Å². The zero-order chi connectivity index (χ0) is 5.54. The predicted molar refractivity (Wildman–Crippen MR) is 32.9 cm³/mol. The van der Waals surface area contributed by atoms with Gasteiger partial charge in [0.2, 0.25) is 0 Å². The number of rotatable bonds is 4. The molecule has 2 heteroatoms. The van der Waals surface area contributed by atoms with Crippen LogP contribution in [-0.4, -0.2) is 6.54 Å². The Hall–Kier alpha value is 0.674. The molecule has 0 fully saturated rings. The molecule has 0 aliphatic heterocycles. The minimum absolute atomic E-state index is 0. The largest absolute Gasteiger partial charge is 0.343 e. The topological polar surface area (TPSA) is 26.0 Å². The maximum absolute atomic E-state index is 5.25. The van der Waals surface area contributed by atoms with E-state index in [1.54, 1.807) is 0 Å². The van der Waals surface area contributed by atoms with Crippen molar-refractivity contribution < 1.29 is 21.7 Å².